The van der Waals surface area contributed by atoms with Gasteiger partial charge in [0.25, 0.3) is 5.91 Å². The van der Waals surface area contributed by atoms with Crippen LogP contribution in [0.4, 0.5) is 0 Å². The molecule has 0 aromatic heterocycles. The SMILES string of the molecule is Cc1ccc(C)c(OCCC(=O)N2CCN(C(=O)c3ccccc3)CC2)c1. The van der Waals surface area contributed by atoms with Crippen LogP contribution in [0.5, 0.6) is 5.75 Å². The van der Waals surface area contributed by atoms with Crippen molar-refractivity contribution in [2.24, 2.45) is 0 Å². The molecule has 0 radical (unpaired) electrons. The fourth-order valence-corrected chi connectivity index (χ4v) is 3.19. The molecule has 1 aliphatic heterocycles. The predicted octanol–water partition coefficient (Wildman–Crippen LogP) is 3.06. The number of carbonyl (C=O) groups excluding carboxylic acids is 2. The average Bonchev–Trinajstić information content (AvgIpc) is 2.70. The monoisotopic (exact) mass is 366 g/mol. The van der Waals surface area contributed by atoms with Gasteiger partial charge in [0.15, 0.2) is 0 Å². The summed E-state index contributed by atoms with van der Waals surface area (Å²) >= 11 is 0. The number of benzene rings is 2. The van der Waals surface area contributed by atoms with E-state index in [1.165, 1.54) is 0 Å². The Bertz CT molecular complexity index is 796. The van der Waals surface area contributed by atoms with Gasteiger partial charge in [-0.25, -0.2) is 0 Å². The van der Waals surface area contributed by atoms with Crippen molar-refractivity contribution < 1.29 is 14.3 Å². The first-order valence-corrected chi connectivity index (χ1v) is 9.37. The molecule has 3 rings (SSSR count). The van der Waals surface area contributed by atoms with Crippen molar-refractivity contribution >= 4 is 11.8 Å². The van der Waals surface area contributed by atoms with Gasteiger partial charge in [0.1, 0.15) is 5.75 Å². The summed E-state index contributed by atoms with van der Waals surface area (Å²) in [6.07, 6.45) is 0.347. The zero-order valence-electron chi connectivity index (χ0n) is 16.0. The van der Waals surface area contributed by atoms with Gasteiger partial charge >= 0.3 is 0 Å². The van der Waals surface area contributed by atoms with Crippen molar-refractivity contribution in [3.8, 4) is 5.75 Å². The molecule has 27 heavy (non-hydrogen) atoms. The van der Waals surface area contributed by atoms with Crippen molar-refractivity contribution in [3.05, 3.63) is 65.2 Å². The number of hydrogen-bond acceptors (Lipinski definition) is 3. The standard InChI is InChI=1S/C22H26N2O3/c1-17-8-9-18(2)20(16-17)27-15-10-21(25)23-11-13-24(14-12-23)22(26)19-6-4-3-5-7-19/h3-9,16H,10-15H2,1-2H3. The second-order valence-electron chi connectivity index (χ2n) is 6.91. The van der Waals surface area contributed by atoms with Gasteiger partial charge in [0.05, 0.1) is 13.0 Å². The van der Waals surface area contributed by atoms with Gasteiger partial charge in [0, 0.05) is 31.7 Å². The average molecular weight is 366 g/mol. The van der Waals surface area contributed by atoms with E-state index in [0.29, 0.717) is 44.8 Å². The third kappa shape index (κ3) is 4.88. The van der Waals surface area contributed by atoms with Gasteiger partial charge in [-0.15, -0.1) is 0 Å². The van der Waals surface area contributed by atoms with Gasteiger partial charge in [-0.1, -0.05) is 30.3 Å². The van der Waals surface area contributed by atoms with Gasteiger partial charge in [0.2, 0.25) is 5.91 Å². The highest BCUT2D eigenvalue weighted by molar-refractivity contribution is 5.94. The summed E-state index contributed by atoms with van der Waals surface area (Å²) in [5, 5.41) is 0. The molecule has 2 aromatic carbocycles. The van der Waals surface area contributed by atoms with Crippen molar-refractivity contribution in [1.29, 1.82) is 0 Å². The Balaban J connectivity index is 1.44. The molecule has 1 heterocycles. The van der Waals surface area contributed by atoms with E-state index < -0.39 is 0 Å². The molecule has 0 N–H and O–H groups in total. The normalized spacial score (nSPS) is 14.1. The molecule has 1 aliphatic rings. The largest absolute Gasteiger partial charge is 0.493 e. The zero-order chi connectivity index (χ0) is 19.2. The van der Waals surface area contributed by atoms with E-state index in [0.717, 1.165) is 16.9 Å². The van der Waals surface area contributed by atoms with E-state index in [2.05, 4.69) is 0 Å². The van der Waals surface area contributed by atoms with Gasteiger partial charge < -0.3 is 14.5 Å². The number of aryl methyl sites for hydroxylation is 2. The quantitative estimate of drug-likeness (QED) is 0.817. The Kier molecular flexibility index (Phi) is 6.12. The molecule has 0 atom stereocenters. The molecule has 5 nitrogen and oxygen atoms in total. The summed E-state index contributed by atoms with van der Waals surface area (Å²) in [5.41, 5.74) is 2.90. The van der Waals surface area contributed by atoms with Gasteiger partial charge in [-0.3, -0.25) is 9.59 Å². The third-order valence-corrected chi connectivity index (χ3v) is 4.86. The molecule has 5 heteroatoms. The molecule has 2 amide bonds. The van der Waals surface area contributed by atoms with E-state index in [4.69, 9.17) is 4.74 Å². The molecule has 1 saturated heterocycles. The van der Waals surface area contributed by atoms with Crippen molar-refractivity contribution in [2.75, 3.05) is 32.8 Å². The van der Waals surface area contributed by atoms with Gasteiger partial charge in [-0.2, -0.15) is 0 Å². The van der Waals surface area contributed by atoms with Crippen LogP contribution in [0.15, 0.2) is 48.5 Å². The lowest BCUT2D eigenvalue weighted by Crippen LogP contribution is -2.50. The topological polar surface area (TPSA) is 49.9 Å². The predicted molar refractivity (Wildman–Crippen MR) is 105 cm³/mol. The molecule has 0 bridgehead atoms. The molecule has 142 valence electrons. The van der Waals surface area contributed by atoms with Crippen LogP contribution in [0, 0.1) is 13.8 Å². The van der Waals surface area contributed by atoms with E-state index in [9.17, 15) is 9.59 Å². The molecule has 0 spiro atoms. The highest BCUT2D eigenvalue weighted by atomic mass is 16.5. The van der Waals surface area contributed by atoms with E-state index in [-0.39, 0.29) is 11.8 Å². The first-order valence-electron chi connectivity index (χ1n) is 9.37. The van der Waals surface area contributed by atoms with Crippen LogP contribution in [0.3, 0.4) is 0 Å². The second-order valence-corrected chi connectivity index (χ2v) is 6.91. The number of amides is 2. The fraction of sp³-hybridized carbons (Fsp3) is 0.364. The summed E-state index contributed by atoms with van der Waals surface area (Å²) < 4.78 is 5.78. The maximum Gasteiger partial charge on any atom is 0.253 e. The number of ether oxygens (including phenoxy) is 1. The number of piperazine rings is 1. The van der Waals surface area contributed by atoms with Crippen molar-refractivity contribution in [2.45, 2.75) is 20.3 Å². The molecule has 2 aromatic rings. The molecule has 0 saturated carbocycles. The van der Waals surface area contributed by atoms with Crippen molar-refractivity contribution in [1.82, 2.24) is 9.80 Å². The minimum Gasteiger partial charge on any atom is -0.493 e. The number of carbonyl (C=O) groups is 2. The maximum absolute atomic E-state index is 12.5. The van der Waals surface area contributed by atoms with Gasteiger partial charge in [-0.05, 0) is 43.2 Å². The Morgan fingerprint density at radius 2 is 1.59 bits per heavy atom. The summed E-state index contributed by atoms with van der Waals surface area (Å²) in [5.74, 6) is 0.939. The molecular formula is C22H26N2O3. The van der Waals surface area contributed by atoms with Crippen LogP contribution in [-0.2, 0) is 4.79 Å². The lowest BCUT2D eigenvalue weighted by Gasteiger charge is -2.35. The summed E-state index contributed by atoms with van der Waals surface area (Å²) in [7, 11) is 0. The van der Waals surface area contributed by atoms with E-state index in [1.807, 2.05) is 72.2 Å². The summed E-state index contributed by atoms with van der Waals surface area (Å²) in [6.45, 7) is 6.66. The Morgan fingerprint density at radius 3 is 2.30 bits per heavy atom. The molecular weight excluding hydrogens is 340 g/mol. The lowest BCUT2D eigenvalue weighted by molar-refractivity contribution is -0.133. The Labute approximate surface area is 160 Å². The zero-order valence-corrected chi connectivity index (χ0v) is 16.0. The van der Waals surface area contributed by atoms with E-state index >= 15 is 0 Å². The van der Waals surface area contributed by atoms with Crippen molar-refractivity contribution in [3.63, 3.8) is 0 Å². The summed E-state index contributed by atoms with van der Waals surface area (Å²) in [6, 6.07) is 15.3. The number of rotatable bonds is 5. The number of hydrogen-bond donors (Lipinski definition) is 0. The molecule has 0 aliphatic carbocycles. The first-order chi connectivity index (χ1) is 13.0. The highest BCUT2D eigenvalue weighted by Crippen LogP contribution is 2.19. The molecule has 0 unspecified atom stereocenters. The second kappa shape index (κ2) is 8.71. The summed E-state index contributed by atoms with van der Waals surface area (Å²) in [4.78, 5) is 28.5. The fourth-order valence-electron chi connectivity index (χ4n) is 3.19. The Morgan fingerprint density at radius 1 is 0.926 bits per heavy atom. The first kappa shape index (κ1) is 19.0. The smallest absolute Gasteiger partial charge is 0.253 e. The Hall–Kier alpha value is -2.82. The lowest BCUT2D eigenvalue weighted by atomic mass is 10.1. The highest BCUT2D eigenvalue weighted by Gasteiger charge is 2.24. The van der Waals surface area contributed by atoms with Crippen LogP contribution < -0.4 is 4.74 Å². The minimum absolute atomic E-state index is 0.0287. The van der Waals surface area contributed by atoms with E-state index in [1.54, 1.807) is 0 Å². The molecule has 1 fully saturated rings. The number of nitrogens with zero attached hydrogens (tertiary/aromatic N) is 2. The maximum atomic E-state index is 12.5. The van der Waals surface area contributed by atoms with Crippen LogP contribution >= 0.6 is 0 Å². The minimum atomic E-state index is 0.0287. The van der Waals surface area contributed by atoms with Crippen LogP contribution in [0.25, 0.3) is 0 Å². The van der Waals surface area contributed by atoms with Crippen LogP contribution in [-0.4, -0.2) is 54.4 Å². The van der Waals surface area contributed by atoms with Crippen LogP contribution in [0.2, 0.25) is 0 Å². The van der Waals surface area contributed by atoms with Crippen LogP contribution in [0.1, 0.15) is 27.9 Å². The third-order valence-electron chi connectivity index (χ3n) is 4.86.